The first-order valence-corrected chi connectivity index (χ1v) is 24.9. The number of hydrogen-bond donors (Lipinski definition) is 0. The van der Waals surface area contributed by atoms with Crippen LogP contribution in [0, 0.1) is 0 Å². The fourth-order valence-electron chi connectivity index (χ4n) is 12.5. The van der Waals surface area contributed by atoms with Crippen molar-refractivity contribution in [1.29, 1.82) is 0 Å². The highest BCUT2D eigenvalue weighted by atomic mass is 32.2. The lowest BCUT2D eigenvalue weighted by molar-refractivity contribution is 0.666. The molecule has 4 nitrogen and oxygen atoms in total. The Bertz CT molecular complexity index is 4000. The van der Waals surface area contributed by atoms with Gasteiger partial charge in [0, 0.05) is 52.5 Å². The molecule has 0 N–H and O–H groups in total. The molecule has 0 atom stereocenters. The van der Waals surface area contributed by atoms with E-state index in [0.717, 1.165) is 60.9 Å². The van der Waals surface area contributed by atoms with Crippen LogP contribution in [0.15, 0.2) is 223 Å². The molecule has 312 valence electrons. The number of para-hydroxylation sites is 3. The van der Waals surface area contributed by atoms with Gasteiger partial charge in [0.05, 0.1) is 11.4 Å². The van der Waals surface area contributed by atoms with E-state index in [1.54, 1.807) is 0 Å². The molecule has 8 heteroatoms. The molecule has 5 aliphatic heterocycles. The standard InChI is InChI=1S/C60H32B2N2O2S2/c1-4-14-33(15-5-1)35-24-26-48-42(28-35)61-44-30-40-38-20-10-12-22-46(38)65-59(40)57-54(44)64-55-45(31-41-39-21-11-13-23-47(39)66-60(41)58(55)63(57)37-18-8-3-9-19-37)62-43-29-36(34-16-6-2-7-17-34)25-27-49(43)68-51-32-50(67-48)52(61)56(64)53(51)62/h1-32H. The zero-order chi connectivity index (χ0) is 43.9. The second-order valence-corrected chi connectivity index (χ2v) is 20.8. The van der Waals surface area contributed by atoms with E-state index in [0.29, 0.717) is 0 Å². The number of anilines is 6. The second kappa shape index (κ2) is 13.0. The highest BCUT2D eigenvalue weighted by Gasteiger charge is 2.54. The van der Waals surface area contributed by atoms with Gasteiger partial charge in [0.15, 0.2) is 11.2 Å². The van der Waals surface area contributed by atoms with Gasteiger partial charge in [0.2, 0.25) is 13.4 Å². The van der Waals surface area contributed by atoms with E-state index in [9.17, 15) is 0 Å². The van der Waals surface area contributed by atoms with Crippen molar-refractivity contribution < 1.29 is 8.83 Å². The molecule has 68 heavy (non-hydrogen) atoms. The molecule has 0 bridgehead atoms. The molecule has 0 aliphatic carbocycles. The zero-order valence-electron chi connectivity index (χ0n) is 36.2. The highest BCUT2D eigenvalue weighted by Crippen LogP contribution is 2.61. The average molecular weight is 899 g/mol. The van der Waals surface area contributed by atoms with Crippen LogP contribution in [-0.4, -0.2) is 13.4 Å². The van der Waals surface area contributed by atoms with E-state index in [2.05, 4.69) is 204 Å². The Morgan fingerprint density at radius 2 is 0.779 bits per heavy atom. The average Bonchev–Trinajstić information content (AvgIpc) is 3.97. The van der Waals surface area contributed by atoms with E-state index < -0.39 is 0 Å². The van der Waals surface area contributed by atoms with Crippen LogP contribution >= 0.6 is 23.5 Å². The summed E-state index contributed by atoms with van der Waals surface area (Å²) in [5.74, 6) is 0. The predicted molar refractivity (Wildman–Crippen MR) is 285 cm³/mol. The van der Waals surface area contributed by atoms with Gasteiger partial charge in [-0.3, -0.25) is 0 Å². The Kier molecular flexibility index (Phi) is 6.96. The van der Waals surface area contributed by atoms with Gasteiger partial charge < -0.3 is 18.6 Å². The van der Waals surface area contributed by atoms with Crippen molar-refractivity contribution in [3.8, 4) is 22.3 Å². The fourth-order valence-corrected chi connectivity index (χ4v) is 14.9. The minimum Gasteiger partial charge on any atom is -0.454 e. The first-order valence-electron chi connectivity index (χ1n) is 23.3. The molecule has 0 fully saturated rings. The predicted octanol–water partition coefficient (Wildman–Crippen LogP) is 12.7. The summed E-state index contributed by atoms with van der Waals surface area (Å²) >= 11 is 3.87. The molecule has 12 aromatic rings. The maximum atomic E-state index is 7.22. The van der Waals surface area contributed by atoms with E-state index in [1.807, 2.05) is 23.5 Å². The van der Waals surface area contributed by atoms with Crippen LogP contribution < -0.4 is 42.6 Å². The van der Waals surface area contributed by atoms with Gasteiger partial charge in [0.25, 0.3) is 0 Å². The van der Waals surface area contributed by atoms with E-state index in [1.165, 1.54) is 91.7 Å². The number of hydrogen-bond acceptors (Lipinski definition) is 6. The Hall–Kier alpha value is -7.77. The minimum absolute atomic E-state index is 0.0494. The molecule has 0 saturated carbocycles. The van der Waals surface area contributed by atoms with Crippen molar-refractivity contribution in [2.45, 2.75) is 19.6 Å². The van der Waals surface area contributed by atoms with E-state index in [4.69, 9.17) is 8.83 Å². The molecule has 7 heterocycles. The maximum absolute atomic E-state index is 7.22. The van der Waals surface area contributed by atoms with Crippen molar-refractivity contribution in [2.75, 3.05) is 9.80 Å². The van der Waals surface area contributed by atoms with Crippen LogP contribution in [0.5, 0.6) is 0 Å². The third-order valence-electron chi connectivity index (χ3n) is 15.2. The van der Waals surface area contributed by atoms with Gasteiger partial charge in [-0.05, 0) is 86.6 Å². The Balaban J connectivity index is 1.08. The third kappa shape index (κ3) is 4.57. The first kappa shape index (κ1) is 36.4. The van der Waals surface area contributed by atoms with E-state index in [-0.39, 0.29) is 13.4 Å². The molecule has 5 aliphatic rings. The molecule has 0 unspecified atom stereocenters. The lowest BCUT2D eigenvalue weighted by Gasteiger charge is -2.52. The van der Waals surface area contributed by atoms with Crippen molar-refractivity contribution in [2.24, 2.45) is 0 Å². The summed E-state index contributed by atoms with van der Waals surface area (Å²) in [4.78, 5) is 10.4. The molecule has 0 spiro atoms. The van der Waals surface area contributed by atoms with Gasteiger partial charge in [-0.2, -0.15) is 0 Å². The number of nitrogens with zero attached hydrogens (tertiary/aromatic N) is 2. The lowest BCUT2D eigenvalue weighted by atomic mass is 9.30. The van der Waals surface area contributed by atoms with Gasteiger partial charge in [0.1, 0.15) is 22.5 Å². The minimum atomic E-state index is -0.0494. The molecular weight excluding hydrogens is 866 g/mol. The first-order chi connectivity index (χ1) is 33.7. The van der Waals surface area contributed by atoms with Crippen LogP contribution in [0.25, 0.3) is 66.1 Å². The van der Waals surface area contributed by atoms with Gasteiger partial charge in [-0.25, -0.2) is 0 Å². The largest absolute Gasteiger partial charge is 0.454 e. The quantitative estimate of drug-likeness (QED) is 0.164. The van der Waals surface area contributed by atoms with Crippen molar-refractivity contribution in [1.82, 2.24) is 0 Å². The molecular formula is C60H32B2N2O2S2. The summed E-state index contributed by atoms with van der Waals surface area (Å²) in [5, 5.41) is 4.46. The Morgan fingerprint density at radius 1 is 0.324 bits per heavy atom. The van der Waals surface area contributed by atoms with Crippen LogP contribution in [0.3, 0.4) is 0 Å². The number of fused-ring (bicyclic) bond motifs is 14. The zero-order valence-corrected chi connectivity index (χ0v) is 37.8. The second-order valence-electron chi connectivity index (χ2n) is 18.6. The van der Waals surface area contributed by atoms with Crippen LogP contribution in [0.2, 0.25) is 0 Å². The van der Waals surface area contributed by atoms with Crippen molar-refractivity contribution >= 4 is 148 Å². The SMILES string of the molecule is c1ccc(-c2ccc3c(c2)B2c4cc5c(oc6ccccc65)c5c4N4c6c2c(cc2c6B(c6cc(-c7ccccc7)ccc6S2)c2cc6c(oc7ccccc76)c(c24)N5c2ccccc2)S3)cc1. The van der Waals surface area contributed by atoms with Crippen molar-refractivity contribution in [3.63, 3.8) is 0 Å². The Morgan fingerprint density at radius 3 is 1.28 bits per heavy atom. The van der Waals surface area contributed by atoms with Crippen molar-refractivity contribution in [3.05, 3.63) is 194 Å². The summed E-state index contributed by atoms with van der Waals surface area (Å²) in [6, 6.07) is 71.6. The summed E-state index contributed by atoms with van der Waals surface area (Å²) in [6.07, 6.45) is 0. The molecule has 0 amide bonds. The van der Waals surface area contributed by atoms with Gasteiger partial charge >= 0.3 is 0 Å². The number of rotatable bonds is 3. The van der Waals surface area contributed by atoms with Crippen LogP contribution in [0.1, 0.15) is 0 Å². The fraction of sp³-hybridized carbons (Fsp3) is 0. The summed E-state index contributed by atoms with van der Waals surface area (Å²) in [5.41, 5.74) is 23.3. The Labute approximate surface area is 400 Å². The summed E-state index contributed by atoms with van der Waals surface area (Å²) in [7, 11) is 0. The lowest BCUT2D eigenvalue weighted by Crippen LogP contribution is -2.68. The summed E-state index contributed by atoms with van der Waals surface area (Å²) < 4.78 is 14.4. The topological polar surface area (TPSA) is 32.8 Å². The molecule has 0 radical (unpaired) electrons. The maximum Gasteiger partial charge on any atom is 0.249 e. The van der Waals surface area contributed by atoms with Gasteiger partial charge in [-0.15, -0.1) is 0 Å². The van der Waals surface area contributed by atoms with E-state index >= 15 is 0 Å². The number of furan rings is 2. The molecule has 17 rings (SSSR count). The monoisotopic (exact) mass is 898 g/mol. The highest BCUT2D eigenvalue weighted by molar-refractivity contribution is 8.01. The normalized spacial score (nSPS) is 14.2. The van der Waals surface area contributed by atoms with Crippen LogP contribution in [0.4, 0.5) is 34.1 Å². The molecule has 2 aromatic heterocycles. The van der Waals surface area contributed by atoms with Crippen LogP contribution in [-0.2, 0) is 0 Å². The third-order valence-corrected chi connectivity index (χ3v) is 17.5. The number of benzene rings is 10. The smallest absolute Gasteiger partial charge is 0.249 e. The molecule has 10 aromatic carbocycles. The van der Waals surface area contributed by atoms with Gasteiger partial charge in [-0.1, -0.05) is 186 Å². The summed E-state index contributed by atoms with van der Waals surface area (Å²) in [6.45, 7) is -0.0988. The molecule has 0 saturated heterocycles.